The fourth-order valence-electron chi connectivity index (χ4n) is 4.06. The molecule has 0 spiro atoms. The summed E-state index contributed by atoms with van der Waals surface area (Å²) in [5.74, 6) is 2.76. The van der Waals surface area contributed by atoms with E-state index in [9.17, 15) is 0 Å². The Labute approximate surface area is 160 Å². The molecule has 25 heavy (non-hydrogen) atoms. The fraction of sp³-hybridized carbons (Fsp3) is 1.00. The van der Waals surface area contributed by atoms with Gasteiger partial charge in [0.05, 0.1) is 6.10 Å². The van der Waals surface area contributed by atoms with Gasteiger partial charge in [0, 0.05) is 6.61 Å². The van der Waals surface area contributed by atoms with Crippen molar-refractivity contribution in [3.63, 3.8) is 0 Å². The van der Waals surface area contributed by atoms with Gasteiger partial charge in [-0.2, -0.15) is 0 Å². The lowest BCUT2D eigenvalue weighted by atomic mass is 9.80. The van der Waals surface area contributed by atoms with Gasteiger partial charge in [0.2, 0.25) is 0 Å². The molecule has 0 fully saturated rings. The van der Waals surface area contributed by atoms with E-state index < -0.39 is 0 Å². The van der Waals surface area contributed by atoms with Crippen LogP contribution in [0.3, 0.4) is 0 Å². The molecule has 0 aromatic rings. The minimum absolute atomic E-state index is 0.494. The van der Waals surface area contributed by atoms with E-state index in [2.05, 4.69) is 41.5 Å². The zero-order chi connectivity index (χ0) is 18.9. The summed E-state index contributed by atoms with van der Waals surface area (Å²) >= 11 is 0. The second-order valence-corrected chi connectivity index (χ2v) is 8.35. The highest BCUT2D eigenvalue weighted by Crippen LogP contribution is 2.30. The van der Waals surface area contributed by atoms with Gasteiger partial charge in [0.1, 0.15) is 0 Å². The molecule has 0 aliphatic heterocycles. The standard InChI is InChI=1S/C24H50O/c1-7-12-16-23(15-8-2)22(10-4)17-13-14-20-25-24(11-5)19-18-21(6)9-3/h21-24H,7-20H2,1-6H3. The normalized spacial score (nSPS) is 16.6. The molecule has 4 unspecified atom stereocenters. The van der Waals surface area contributed by atoms with Crippen molar-refractivity contribution in [2.75, 3.05) is 6.61 Å². The summed E-state index contributed by atoms with van der Waals surface area (Å²) in [6, 6.07) is 0. The van der Waals surface area contributed by atoms with Crippen LogP contribution in [0.2, 0.25) is 0 Å². The van der Waals surface area contributed by atoms with Crippen LogP contribution < -0.4 is 0 Å². The van der Waals surface area contributed by atoms with Gasteiger partial charge in [-0.05, 0) is 43.4 Å². The highest BCUT2D eigenvalue weighted by atomic mass is 16.5. The van der Waals surface area contributed by atoms with Gasteiger partial charge in [0.15, 0.2) is 0 Å². The smallest absolute Gasteiger partial charge is 0.0572 e. The number of hydrogen-bond acceptors (Lipinski definition) is 1. The van der Waals surface area contributed by atoms with Gasteiger partial charge in [-0.25, -0.2) is 0 Å². The Balaban J connectivity index is 4.00. The molecule has 4 atom stereocenters. The maximum absolute atomic E-state index is 6.17. The first-order valence-corrected chi connectivity index (χ1v) is 11.7. The quantitative estimate of drug-likeness (QED) is 0.224. The van der Waals surface area contributed by atoms with Crippen LogP contribution in [-0.4, -0.2) is 12.7 Å². The Kier molecular flexibility index (Phi) is 17.3. The molecule has 0 amide bonds. The molecule has 0 heterocycles. The number of hydrogen-bond donors (Lipinski definition) is 0. The summed E-state index contributed by atoms with van der Waals surface area (Å²) in [6.07, 6.45) is 17.9. The second-order valence-electron chi connectivity index (χ2n) is 8.35. The van der Waals surface area contributed by atoms with Crippen LogP contribution in [0, 0.1) is 17.8 Å². The molecule has 1 nitrogen and oxygen atoms in total. The SMILES string of the molecule is CCCCC(CCC)C(CC)CCCCOC(CC)CCC(C)CC. The maximum atomic E-state index is 6.17. The molecular weight excluding hydrogens is 304 g/mol. The van der Waals surface area contributed by atoms with Crippen LogP contribution in [0.25, 0.3) is 0 Å². The van der Waals surface area contributed by atoms with Crippen LogP contribution in [0.1, 0.15) is 125 Å². The van der Waals surface area contributed by atoms with E-state index in [-0.39, 0.29) is 0 Å². The van der Waals surface area contributed by atoms with E-state index in [1.165, 1.54) is 83.5 Å². The molecule has 0 radical (unpaired) electrons. The molecule has 0 aromatic heterocycles. The van der Waals surface area contributed by atoms with Crippen LogP contribution in [0.4, 0.5) is 0 Å². The zero-order valence-corrected chi connectivity index (χ0v) is 18.6. The van der Waals surface area contributed by atoms with Crippen molar-refractivity contribution >= 4 is 0 Å². The molecule has 0 saturated heterocycles. The summed E-state index contributed by atoms with van der Waals surface area (Å²) in [6.45, 7) is 15.0. The molecule has 1 heteroatoms. The van der Waals surface area contributed by atoms with E-state index in [0.29, 0.717) is 6.10 Å². The highest BCUT2D eigenvalue weighted by molar-refractivity contribution is 4.70. The van der Waals surface area contributed by atoms with Gasteiger partial charge in [-0.3, -0.25) is 0 Å². The average molecular weight is 355 g/mol. The second kappa shape index (κ2) is 17.4. The average Bonchev–Trinajstić information content (AvgIpc) is 2.64. The van der Waals surface area contributed by atoms with E-state index >= 15 is 0 Å². The van der Waals surface area contributed by atoms with Crippen LogP contribution in [0.15, 0.2) is 0 Å². The van der Waals surface area contributed by atoms with Gasteiger partial charge >= 0.3 is 0 Å². The largest absolute Gasteiger partial charge is 0.378 e. The first-order valence-electron chi connectivity index (χ1n) is 11.7. The molecular formula is C24H50O. The Bertz CT molecular complexity index is 263. The van der Waals surface area contributed by atoms with Crippen molar-refractivity contribution in [2.24, 2.45) is 17.8 Å². The van der Waals surface area contributed by atoms with Crippen molar-refractivity contribution in [1.82, 2.24) is 0 Å². The summed E-state index contributed by atoms with van der Waals surface area (Å²) in [7, 11) is 0. The van der Waals surface area contributed by atoms with E-state index in [1.807, 2.05) is 0 Å². The third kappa shape index (κ3) is 12.9. The molecule has 152 valence electrons. The van der Waals surface area contributed by atoms with Crippen molar-refractivity contribution < 1.29 is 4.74 Å². The summed E-state index contributed by atoms with van der Waals surface area (Å²) in [5.41, 5.74) is 0. The number of unbranched alkanes of at least 4 members (excludes halogenated alkanes) is 2. The van der Waals surface area contributed by atoms with E-state index in [4.69, 9.17) is 4.74 Å². The predicted molar refractivity (Wildman–Crippen MR) is 114 cm³/mol. The predicted octanol–water partition coefficient (Wildman–Crippen LogP) is 8.41. The van der Waals surface area contributed by atoms with Crippen LogP contribution in [-0.2, 0) is 4.74 Å². The summed E-state index contributed by atoms with van der Waals surface area (Å²) in [5, 5.41) is 0. The maximum Gasteiger partial charge on any atom is 0.0572 e. The fourth-order valence-corrected chi connectivity index (χ4v) is 4.06. The van der Waals surface area contributed by atoms with Crippen LogP contribution in [0.5, 0.6) is 0 Å². The van der Waals surface area contributed by atoms with Crippen molar-refractivity contribution in [3.8, 4) is 0 Å². The first kappa shape index (κ1) is 25.0. The number of ether oxygens (including phenoxy) is 1. The lowest BCUT2D eigenvalue weighted by Crippen LogP contribution is -2.16. The van der Waals surface area contributed by atoms with Crippen molar-refractivity contribution in [3.05, 3.63) is 0 Å². The minimum atomic E-state index is 0.494. The van der Waals surface area contributed by atoms with E-state index in [1.54, 1.807) is 0 Å². The molecule has 0 rings (SSSR count). The van der Waals surface area contributed by atoms with Crippen molar-refractivity contribution in [2.45, 2.75) is 131 Å². The Morgan fingerprint density at radius 3 is 1.88 bits per heavy atom. The van der Waals surface area contributed by atoms with Gasteiger partial charge in [-0.1, -0.05) is 99.3 Å². The Morgan fingerprint density at radius 2 is 1.32 bits per heavy atom. The topological polar surface area (TPSA) is 9.23 Å². The molecule has 0 aromatic carbocycles. The highest BCUT2D eigenvalue weighted by Gasteiger charge is 2.18. The molecule has 0 N–H and O–H groups in total. The van der Waals surface area contributed by atoms with Crippen LogP contribution >= 0.6 is 0 Å². The Morgan fingerprint density at radius 1 is 0.600 bits per heavy atom. The monoisotopic (exact) mass is 354 g/mol. The third-order valence-electron chi connectivity index (χ3n) is 6.24. The zero-order valence-electron chi connectivity index (χ0n) is 18.6. The minimum Gasteiger partial charge on any atom is -0.378 e. The summed E-state index contributed by atoms with van der Waals surface area (Å²) in [4.78, 5) is 0. The third-order valence-corrected chi connectivity index (χ3v) is 6.24. The first-order chi connectivity index (χ1) is 12.1. The van der Waals surface area contributed by atoms with Gasteiger partial charge in [0.25, 0.3) is 0 Å². The molecule has 0 saturated carbocycles. The van der Waals surface area contributed by atoms with E-state index in [0.717, 1.165) is 24.4 Å². The molecule has 0 aliphatic rings. The lowest BCUT2D eigenvalue weighted by molar-refractivity contribution is 0.0376. The van der Waals surface area contributed by atoms with Crippen molar-refractivity contribution in [1.29, 1.82) is 0 Å². The Hall–Kier alpha value is -0.0400. The number of rotatable bonds is 18. The molecule has 0 bridgehead atoms. The summed E-state index contributed by atoms with van der Waals surface area (Å²) < 4.78 is 6.17. The molecule has 0 aliphatic carbocycles. The van der Waals surface area contributed by atoms with Gasteiger partial charge < -0.3 is 4.74 Å². The lowest BCUT2D eigenvalue weighted by Gasteiger charge is -2.26. The van der Waals surface area contributed by atoms with Gasteiger partial charge in [-0.15, -0.1) is 0 Å².